The summed E-state index contributed by atoms with van der Waals surface area (Å²) in [5.41, 5.74) is 1.53. The Bertz CT molecular complexity index is 725. The summed E-state index contributed by atoms with van der Waals surface area (Å²) in [4.78, 5) is 4.50. The molecule has 0 radical (unpaired) electrons. The molecule has 0 aliphatic carbocycles. The molecule has 20 heavy (non-hydrogen) atoms. The average molecular weight is 335 g/mol. The SMILES string of the molecule is CC(CS(C)(=O)=O)n1c(CCCl)nc2c(Cl)cccc21. The van der Waals surface area contributed by atoms with Crippen LogP contribution in [-0.4, -0.2) is 35.9 Å². The van der Waals surface area contributed by atoms with Crippen molar-refractivity contribution in [3.63, 3.8) is 0 Å². The van der Waals surface area contributed by atoms with Gasteiger partial charge in [-0.15, -0.1) is 11.6 Å². The maximum atomic E-state index is 11.5. The number of hydrogen-bond donors (Lipinski definition) is 0. The predicted molar refractivity (Wildman–Crippen MR) is 83.6 cm³/mol. The molecule has 0 N–H and O–H groups in total. The molecule has 2 aromatic rings. The molecular weight excluding hydrogens is 319 g/mol. The zero-order chi connectivity index (χ0) is 14.9. The maximum Gasteiger partial charge on any atom is 0.149 e. The van der Waals surface area contributed by atoms with Gasteiger partial charge in [0.2, 0.25) is 0 Å². The maximum absolute atomic E-state index is 11.5. The number of alkyl halides is 1. The third-order valence-corrected chi connectivity index (χ3v) is 4.63. The van der Waals surface area contributed by atoms with Crippen molar-refractivity contribution in [1.29, 1.82) is 0 Å². The Kier molecular flexibility index (Phi) is 4.62. The minimum atomic E-state index is -3.07. The van der Waals surface area contributed by atoms with Gasteiger partial charge in [-0.1, -0.05) is 17.7 Å². The molecule has 1 aromatic carbocycles. The normalized spacial score (nSPS) is 13.8. The first-order valence-electron chi connectivity index (χ1n) is 6.22. The molecule has 4 nitrogen and oxygen atoms in total. The van der Waals surface area contributed by atoms with Crippen molar-refractivity contribution in [2.45, 2.75) is 19.4 Å². The van der Waals surface area contributed by atoms with Crippen LogP contribution < -0.4 is 0 Å². The minimum absolute atomic E-state index is 0.0558. The first kappa shape index (κ1) is 15.6. The quantitative estimate of drug-likeness (QED) is 0.789. The van der Waals surface area contributed by atoms with E-state index in [0.717, 1.165) is 11.3 Å². The standard InChI is InChI=1S/C13H16Cl2N2O2S/c1-9(8-20(2,18)19)17-11-5-3-4-10(15)13(11)16-12(17)6-7-14/h3-5,9H,6-8H2,1-2H3. The topological polar surface area (TPSA) is 52.0 Å². The molecule has 1 heterocycles. The van der Waals surface area contributed by atoms with Crippen LogP contribution in [0.2, 0.25) is 5.02 Å². The second-order valence-corrected chi connectivity index (χ2v) is 7.86. The van der Waals surface area contributed by atoms with E-state index in [4.69, 9.17) is 23.2 Å². The summed E-state index contributed by atoms with van der Waals surface area (Å²) in [7, 11) is -3.07. The highest BCUT2D eigenvalue weighted by Gasteiger charge is 2.20. The molecule has 0 saturated carbocycles. The smallest absolute Gasteiger partial charge is 0.149 e. The highest BCUT2D eigenvalue weighted by molar-refractivity contribution is 7.90. The van der Waals surface area contributed by atoms with Crippen LogP contribution in [0.25, 0.3) is 11.0 Å². The number of nitrogens with zero attached hydrogens (tertiary/aromatic N) is 2. The molecule has 1 unspecified atom stereocenters. The van der Waals surface area contributed by atoms with E-state index >= 15 is 0 Å². The Morgan fingerprint density at radius 2 is 2.10 bits per heavy atom. The van der Waals surface area contributed by atoms with Crippen LogP contribution >= 0.6 is 23.2 Å². The molecule has 110 valence electrons. The fraction of sp³-hybridized carbons (Fsp3) is 0.462. The number of aromatic nitrogens is 2. The van der Waals surface area contributed by atoms with Gasteiger partial charge in [0.25, 0.3) is 0 Å². The van der Waals surface area contributed by atoms with Crippen LogP contribution in [0.3, 0.4) is 0 Å². The van der Waals surface area contributed by atoms with Crippen molar-refractivity contribution in [2.75, 3.05) is 17.9 Å². The lowest BCUT2D eigenvalue weighted by molar-refractivity contribution is 0.557. The van der Waals surface area contributed by atoms with Gasteiger partial charge in [0, 0.05) is 24.6 Å². The third kappa shape index (κ3) is 3.27. The Morgan fingerprint density at radius 1 is 1.40 bits per heavy atom. The van der Waals surface area contributed by atoms with Gasteiger partial charge in [0.1, 0.15) is 21.2 Å². The van der Waals surface area contributed by atoms with Gasteiger partial charge in [-0.2, -0.15) is 0 Å². The molecular formula is C13H16Cl2N2O2S. The minimum Gasteiger partial charge on any atom is -0.324 e. The van der Waals surface area contributed by atoms with Gasteiger partial charge >= 0.3 is 0 Å². The first-order chi connectivity index (χ1) is 9.33. The van der Waals surface area contributed by atoms with Crippen LogP contribution in [0.5, 0.6) is 0 Å². The average Bonchev–Trinajstić information content (AvgIpc) is 2.67. The van der Waals surface area contributed by atoms with E-state index in [1.165, 1.54) is 6.26 Å². The highest BCUT2D eigenvalue weighted by Crippen LogP contribution is 2.27. The Morgan fingerprint density at radius 3 is 2.70 bits per heavy atom. The Balaban J connectivity index is 2.59. The summed E-state index contributed by atoms with van der Waals surface area (Å²) in [6.07, 6.45) is 1.80. The first-order valence-corrected chi connectivity index (χ1v) is 9.20. The van der Waals surface area contributed by atoms with E-state index in [9.17, 15) is 8.42 Å². The lowest BCUT2D eigenvalue weighted by Crippen LogP contribution is -2.18. The molecule has 0 amide bonds. The van der Waals surface area contributed by atoms with E-state index < -0.39 is 9.84 Å². The van der Waals surface area contributed by atoms with Crippen LogP contribution in [0, 0.1) is 0 Å². The summed E-state index contributed by atoms with van der Waals surface area (Å²) < 4.78 is 25.0. The monoisotopic (exact) mass is 334 g/mol. The molecule has 0 spiro atoms. The van der Waals surface area contributed by atoms with Gasteiger partial charge in [0.15, 0.2) is 0 Å². The lowest BCUT2D eigenvalue weighted by atomic mass is 10.3. The summed E-state index contributed by atoms with van der Waals surface area (Å²) in [5, 5.41) is 0.559. The number of hydrogen-bond acceptors (Lipinski definition) is 3. The number of benzene rings is 1. The van der Waals surface area contributed by atoms with Crippen molar-refractivity contribution in [3.8, 4) is 0 Å². The Labute approximate surface area is 128 Å². The van der Waals surface area contributed by atoms with Gasteiger partial charge < -0.3 is 4.57 Å². The molecule has 7 heteroatoms. The number of imidazole rings is 1. The molecule has 0 bridgehead atoms. The van der Waals surface area contributed by atoms with Crippen molar-refractivity contribution in [1.82, 2.24) is 9.55 Å². The van der Waals surface area contributed by atoms with E-state index in [0.29, 0.717) is 22.8 Å². The van der Waals surface area contributed by atoms with E-state index in [1.807, 2.05) is 23.6 Å². The van der Waals surface area contributed by atoms with E-state index in [2.05, 4.69) is 4.98 Å². The molecule has 1 atom stereocenters. The zero-order valence-corrected chi connectivity index (χ0v) is 13.6. The van der Waals surface area contributed by atoms with Crippen molar-refractivity contribution < 1.29 is 8.42 Å². The summed E-state index contributed by atoms with van der Waals surface area (Å²) in [6, 6.07) is 5.28. The fourth-order valence-corrected chi connectivity index (χ4v) is 3.80. The largest absolute Gasteiger partial charge is 0.324 e. The zero-order valence-electron chi connectivity index (χ0n) is 11.3. The number of sulfone groups is 1. The van der Waals surface area contributed by atoms with Gasteiger partial charge in [-0.25, -0.2) is 13.4 Å². The van der Waals surface area contributed by atoms with Gasteiger partial charge in [-0.05, 0) is 19.1 Å². The van der Waals surface area contributed by atoms with Crippen LogP contribution in [0.1, 0.15) is 18.8 Å². The number of para-hydroxylation sites is 1. The van der Waals surface area contributed by atoms with Crippen LogP contribution in [-0.2, 0) is 16.3 Å². The second kappa shape index (κ2) is 5.92. The van der Waals surface area contributed by atoms with Crippen molar-refractivity contribution in [2.24, 2.45) is 0 Å². The molecule has 0 aliphatic rings. The van der Waals surface area contributed by atoms with Crippen LogP contribution in [0.4, 0.5) is 0 Å². The third-order valence-electron chi connectivity index (χ3n) is 3.05. The Hall–Kier alpha value is -0.780. The fourth-order valence-electron chi connectivity index (χ4n) is 2.40. The van der Waals surface area contributed by atoms with Gasteiger partial charge in [0.05, 0.1) is 16.3 Å². The second-order valence-electron chi connectivity index (χ2n) is 4.89. The van der Waals surface area contributed by atoms with E-state index in [-0.39, 0.29) is 11.8 Å². The summed E-state index contributed by atoms with van der Waals surface area (Å²) in [5.74, 6) is 1.24. The molecule has 0 aliphatic heterocycles. The molecule has 1 aromatic heterocycles. The van der Waals surface area contributed by atoms with Crippen molar-refractivity contribution in [3.05, 3.63) is 29.0 Å². The molecule has 0 fully saturated rings. The van der Waals surface area contributed by atoms with Gasteiger partial charge in [-0.3, -0.25) is 0 Å². The molecule has 2 rings (SSSR count). The number of fused-ring (bicyclic) bond motifs is 1. The summed E-state index contributed by atoms with van der Waals surface area (Å²) >= 11 is 12.0. The number of aryl methyl sites for hydroxylation is 1. The lowest BCUT2D eigenvalue weighted by Gasteiger charge is -2.16. The van der Waals surface area contributed by atoms with Crippen LogP contribution in [0.15, 0.2) is 18.2 Å². The highest BCUT2D eigenvalue weighted by atomic mass is 35.5. The summed E-state index contributed by atoms with van der Waals surface area (Å²) in [6.45, 7) is 1.86. The number of halogens is 2. The predicted octanol–water partition coefficient (Wildman–Crippen LogP) is 3.08. The molecule has 0 saturated heterocycles. The number of rotatable bonds is 5. The van der Waals surface area contributed by atoms with Crippen molar-refractivity contribution >= 4 is 44.1 Å². The van der Waals surface area contributed by atoms with E-state index in [1.54, 1.807) is 6.07 Å².